The minimum absolute atomic E-state index is 0.0318. The van der Waals surface area contributed by atoms with Crippen LogP contribution in [0.4, 0.5) is 0 Å². The van der Waals surface area contributed by atoms with E-state index in [0.29, 0.717) is 13.2 Å². The number of hydrogen-bond donors (Lipinski definition) is 0. The molecule has 0 N–H and O–H groups in total. The summed E-state index contributed by atoms with van der Waals surface area (Å²) in [6, 6.07) is 8.02. The molecule has 3 rings (SSSR count). The van der Waals surface area contributed by atoms with Gasteiger partial charge in [0.05, 0.1) is 19.3 Å². The maximum atomic E-state index is 12.8. The number of piperidine rings is 1. The van der Waals surface area contributed by atoms with Gasteiger partial charge in [-0.3, -0.25) is 9.69 Å². The molecule has 0 radical (unpaired) electrons. The minimum Gasteiger partial charge on any atom is -0.378 e. The first-order valence-electron chi connectivity index (χ1n) is 8.60. The van der Waals surface area contributed by atoms with Gasteiger partial charge >= 0.3 is 0 Å². The van der Waals surface area contributed by atoms with Crippen molar-refractivity contribution < 1.29 is 9.53 Å². The molecule has 0 aliphatic carbocycles. The van der Waals surface area contributed by atoms with Crippen molar-refractivity contribution in [3.8, 4) is 0 Å². The number of carbonyl (C=O) groups excluding carboxylic acids is 1. The number of ether oxygens (including phenoxy) is 1. The van der Waals surface area contributed by atoms with E-state index in [1.54, 1.807) is 0 Å². The lowest BCUT2D eigenvalue weighted by Gasteiger charge is -2.38. The lowest BCUT2D eigenvalue weighted by Crippen LogP contribution is -2.53. The Balaban J connectivity index is 1.61. The number of rotatable bonds is 4. The minimum atomic E-state index is 0.0318. The van der Waals surface area contributed by atoms with E-state index >= 15 is 0 Å². The van der Waals surface area contributed by atoms with E-state index in [2.05, 4.69) is 11.0 Å². The van der Waals surface area contributed by atoms with Crippen LogP contribution in [0.3, 0.4) is 0 Å². The highest BCUT2D eigenvalue weighted by atomic mass is 35.5. The van der Waals surface area contributed by atoms with Crippen LogP contribution in [0.25, 0.3) is 0 Å². The summed E-state index contributed by atoms with van der Waals surface area (Å²) in [6.45, 7) is 4.69. The zero-order chi connectivity index (χ0) is 16.1. The predicted molar refractivity (Wildman–Crippen MR) is 91.8 cm³/mol. The van der Waals surface area contributed by atoms with Crippen molar-refractivity contribution >= 4 is 17.5 Å². The Morgan fingerprint density at radius 1 is 1.17 bits per heavy atom. The van der Waals surface area contributed by atoms with Crippen LogP contribution in [0.15, 0.2) is 24.3 Å². The maximum absolute atomic E-state index is 12.8. The third-order valence-corrected chi connectivity index (χ3v) is 5.22. The lowest BCUT2D eigenvalue weighted by molar-refractivity contribution is -0.142. The molecule has 2 aliphatic rings. The smallest absolute Gasteiger partial charge is 0.240 e. The van der Waals surface area contributed by atoms with Crippen molar-refractivity contribution in [3.05, 3.63) is 34.9 Å². The van der Waals surface area contributed by atoms with Gasteiger partial charge < -0.3 is 9.64 Å². The standard InChI is InChI=1S/C18H25ClN2O2/c19-16-6-2-1-5-15(16)8-10-20-9-4-3-7-17(20)18(22)21-11-13-23-14-12-21/h1-2,5-6,17H,3-4,7-14H2. The SMILES string of the molecule is O=C(C1CCCCN1CCc1ccccc1Cl)N1CCOCC1. The number of amides is 1. The second-order valence-corrected chi connectivity index (χ2v) is 6.73. The Bertz CT molecular complexity index is 532. The number of benzene rings is 1. The summed E-state index contributed by atoms with van der Waals surface area (Å²) in [7, 11) is 0. The molecule has 0 aromatic heterocycles. The first kappa shape index (κ1) is 16.7. The van der Waals surface area contributed by atoms with Crippen LogP contribution in [0.5, 0.6) is 0 Å². The van der Waals surface area contributed by atoms with Crippen LogP contribution in [0, 0.1) is 0 Å². The van der Waals surface area contributed by atoms with Crippen LogP contribution >= 0.6 is 11.6 Å². The number of likely N-dealkylation sites (tertiary alicyclic amines) is 1. The van der Waals surface area contributed by atoms with Crippen LogP contribution in [0.1, 0.15) is 24.8 Å². The quantitative estimate of drug-likeness (QED) is 0.847. The van der Waals surface area contributed by atoms with Gasteiger partial charge in [-0.1, -0.05) is 36.2 Å². The molecule has 2 aliphatic heterocycles. The van der Waals surface area contributed by atoms with Crippen LogP contribution in [-0.2, 0) is 16.0 Å². The monoisotopic (exact) mass is 336 g/mol. The fraction of sp³-hybridized carbons (Fsp3) is 0.611. The summed E-state index contributed by atoms with van der Waals surface area (Å²) in [5, 5.41) is 0.820. The van der Waals surface area contributed by atoms with Crippen molar-refractivity contribution in [2.75, 3.05) is 39.4 Å². The number of hydrogen-bond acceptors (Lipinski definition) is 3. The van der Waals surface area contributed by atoms with Crippen molar-refractivity contribution in [1.29, 1.82) is 0 Å². The summed E-state index contributed by atoms with van der Waals surface area (Å²) < 4.78 is 5.36. The molecule has 1 aromatic rings. The highest BCUT2D eigenvalue weighted by Crippen LogP contribution is 2.22. The van der Waals surface area contributed by atoms with Crippen LogP contribution < -0.4 is 0 Å². The highest BCUT2D eigenvalue weighted by Gasteiger charge is 2.32. The zero-order valence-electron chi connectivity index (χ0n) is 13.5. The molecule has 1 amide bonds. The second kappa shape index (κ2) is 8.13. The van der Waals surface area contributed by atoms with Crippen molar-refractivity contribution in [1.82, 2.24) is 9.80 Å². The molecule has 1 aromatic carbocycles. The Morgan fingerprint density at radius 3 is 2.74 bits per heavy atom. The molecule has 2 fully saturated rings. The average Bonchev–Trinajstić information content (AvgIpc) is 2.61. The van der Waals surface area contributed by atoms with Gasteiger partial charge in [-0.15, -0.1) is 0 Å². The normalized spacial score (nSPS) is 23.0. The molecular weight excluding hydrogens is 312 g/mol. The summed E-state index contributed by atoms with van der Waals surface area (Å²) >= 11 is 6.26. The van der Waals surface area contributed by atoms with E-state index in [4.69, 9.17) is 16.3 Å². The second-order valence-electron chi connectivity index (χ2n) is 6.33. The van der Waals surface area contributed by atoms with Gasteiger partial charge in [-0.25, -0.2) is 0 Å². The summed E-state index contributed by atoms with van der Waals surface area (Å²) in [5.74, 6) is 0.284. The average molecular weight is 337 g/mol. The molecule has 2 saturated heterocycles. The Kier molecular flexibility index (Phi) is 5.92. The van der Waals surface area contributed by atoms with Gasteiger partial charge in [0.2, 0.25) is 5.91 Å². The number of nitrogens with zero attached hydrogens (tertiary/aromatic N) is 2. The number of carbonyl (C=O) groups is 1. The summed E-state index contributed by atoms with van der Waals surface area (Å²) in [4.78, 5) is 17.2. The first-order valence-corrected chi connectivity index (χ1v) is 8.97. The maximum Gasteiger partial charge on any atom is 0.240 e. The van der Waals surface area contributed by atoms with E-state index in [9.17, 15) is 4.79 Å². The van der Waals surface area contributed by atoms with Gasteiger partial charge in [0.25, 0.3) is 0 Å². The third kappa shape index (κ3) is 4.25. The van der Waals surface area contributed by atoms with Gasteiger partial charge in [0.15, 0.2) is 0 Å². The molecule has 5 heteroatoms. The first-order chi connectivity index (χ1) is 11.3. The molecule has 23 heavy (non-hydrogen) atoms. The molecule has 0 spiro atoms. The largest absolute Gasteiger partial charge is 0.378 e. The van der Waals surface area contributed by atoms with E-state index in [1.165, 1.54) is 6.42 Å². The molecule has 0 bridgehead atoms. The van der Waals surface area contributed by atoms with Gasteiger partial charge in [0, 0.05) is 24.7 Å². The van der Waals surface area contributed by atoms with E-state index < -0.39 is 0 Å². The summed E-state index contributed by atoms with van der Waals surface area (Å²) in [6.07, 6.45) is 4.18. The van der Waals surface area contributed by atoms with Gasteiger partial charge in [0.1, 0.15) is 0 Å². The third-order valence-electron chi connectivity index (χ3n) is 4.85. The highest BCUT2D eigenvalue weighted by molar-refractivity contribution is 6.31. The summed E-state index contributed by atoms with van der Waals surface area (Å²) in [5.41, 5.74) is 1.16. The molecule has 2 heterocycles. The Hall–Kier alpha value is -1.10. The Morgan fingerprint density at radius 2 is 1.96 bits per heavy atom. The molecule has 126 valence electrons. The lowest BCUT2D eigenvalue weighted by atomic mass is 9.99. The van der Waals surface area contributed by atoms with Gasteiger partial charge in [-0.2, -0.15) is 0 Å². The van der Waals surface area contributed by atoms with Crippen LogP contribution in [0.2, 0.25) is 5.02 Å². The Labute approximate surface area is 143 Å². The fourth-order valence-electron chi connectivity index (χ4n) is 3.50. The van der Waals surface area contributed by atoms with Crippen molar-refractivity contribution in [2.45, 2.75) is 31.7 Å². The predicted octanol–water partition coefficient (Wildman–Crippen LogP) is 2.60. The molecule has 0 saturated carbocycles. The molecule has 1 unspecified atom stereocenters. The van der Waals surface area contributed by atoms with Crippen molar-refractivity contribution in [2.24, 2.45) is 0 Å². The molecule has 4 nitrogen and oxygen atoms in total. The van der Waals surface area contributed by atoms with E-state index in [0.717, 1.165) is 56.0 Å². The zero-order valence-corrected chi connectivity index (χ0v) is 14.3. The van der Waals surface area contributed by atoms with Gasteiger partial charge in [-0.05, 0) is 37.4 Å². The topological polar surface area (TPSA) is 32.8 Å². The van der Waals surface area contributed by atoms with E-state index in [1.807, 2.05) is 23.1 Å². The molecular formula is C18H25ClN2O2. The van der Waals surface area contributed by atoms with Crippen molar-refractivity contribution in [3.63, 3.8) is 0 Å². The van der Waals surface area contributed by atoms with E-state index in [-0.39, 0.29) is 11.9 Å². The number of halogens is 1. The van der Waals surface area contributed by atoms with Crippen LogP contribution in [-0.4, -0.2) is 61.1 Å². The molecule has 1 atom stereocenters. The fourth-order valence-corrected chi connectivity index (χ4v) is 3.73. The number of morpholine rings is 1.